The summed E-state index contributed by atoms with van der Waals surface area (Å²) >= 11 is 0. The van der Waals surface area contributed by atoms with Gasteiger partial charge >= 0.3 is 0 Å². The standard InChI is InChI=1S/C19H24N6O/c1-25-19-16(13-22-25)18(21-9-3-2-5-15-6-4-12-26-15)23-17(24-19)14-7-10-20-11-8-14/h7-8,10-11,13,15H,2-6,9,12H2,1H3,(H,21,23,24). The molecular formula is C19H24N6O. The lowest BCUT2D eigenvalue weighted by Crippen LogP contribution is -2.08. The van der Waals surface area contributed by atoms with E-state index in [4.69, 9.17) is 9.72 Å². The second-order valence-corrected chi connectivity index (χ2v) is 6.69. The van der Waals surface area contributed by atoms with Crippen molar-refractivity contribution < 1.29 is 4.74 Å². The fourth-order valence-corrected chi connectivity index (χ4v) is 3.36. The number of nitrogens with zero attached hydrogens (tertiary/aromatic N) is 5. The number of aromatic nitrogens is 5. The first-order valence-electron chi connectivity index (χ1n) is 9.27. The predicted molar refractivity (Wildman–Crippen MR) is 101 cm³/mol. The highest BCUT2D eigenvalue weighted by atomic mass is 16.5. The Kier molecular flexibility index (Phi) is 5.06. The Morgan fingerprint density at radius 2 is 2.12 bits per heavy atom. The Hall–Kier alpha value is -2.54. The van der Waals surface area contributed by atoms with Crippen LogP contribution in [-0.2, 0) is 11.8 Å². The summed E-state index contributed by atoms with van der Waals surface area (Å²) in [6.07, 6.45) is 11.6. The van der Waals surface area contributed by atoms with Crippen LogP contribution in [0.4, 0.5) is 5.82 Å². The largest absolute Gasteiger partial charge is 0.378 e. The average molecular weight is 352 g/mol. The van der Waals surface area contributed by atoms with Crippen LogP contribution in [0.25, 0.3) is 22.4 Å². The second-order valence-electron chi connectivity index (χ2n) is 6.69. The normalized spacial score (nSPS) is 17.0. The van der Waals surface area contributed by atoms with Gasteiger partial charge in [0, 0.05) is 38.2 Å². The van der Waals surface area contributed by atoms with E-state index in [0.717, 1.165) is 54.8 Å². The minimum absolute atomic E-state index is 0.470. The summed E-state index contributed by atoms with van der Waals surface area (Å²) in [6, 6.07) is 3.84. The van der Waals surface area contributed by atoms with Crippen molar-refractivity contribution in [2.24, 2.45) is 7.05 Å². The maximum absolute atomic E-state index is 5.69. The number of hydrogen-bond donors (Lipinski definition) is 1. The third-order valence-electron chi connectivity index (χ3n) is 4.80. The van der Waals surface area contributed by atoms with Crippen LogP contribution in [0.3, 0.4) is 0 Å². The van der Waals surface area contributed by atoms with E-state index in [0.29, 0.717) is 11.9 Å². The van der Waals surface area contributed by atoms with E-state index in [9.17, 15) is 0 Å². The summed E-state index contributed by atoms with van der Waals surface area (Å²) in [5, 5.41) is 8.76. The molecule has 1 fully saturated rings. The number of rotatable bonds is 7. The summed E-state index contributed by atoms with van der Waals surface area (Å²) in [5.41, 5.74) is 1.78. The van der Waals surface area contributed by atoms with Gasteiger partial charge in [0.25, 0.3) is 0 Å². The van der Waals surface area contributed by atoms with Crippen LogP contribution < -0.4 is 5.32 Å². The Labute approximate surface area is 152 Å². The van der Waals surface area contributed by atoms with Crippen molar-refractivity contribution >= 4 is 16.9 Å². The first-order valence-corrected chi connectivity index (χ1v) is 9.27. The molecule has 4 rings (SSSR count). The van der Waals surface area contributed by atoms with Crippen molar-refractivity contribution in [3.8, 4) is 11.4 Å². The Bertz CT molecular complexity index is 857. The molecule has 1 atom stereocenters. The topological polar surface area (TPSA) is 77.8 Å². The van der Waals surface area contributed by atoms with E-state index in [1.807, 2.05) is 25.4 Å². The molecule has 0 spiro atoms. The molecular weight excluding hydrogens is 328 g/mol. The number of anilines is 1. The molecule has 1 saturated heterocycles. The highest BCUT2D eigenvalue weighted by Crippen LogP contribution is 2.24. The van der Waals surface area contributed by atoms with Gasteiger partial charge in [0.05, 0.1) is 17.7 Å². The molecule has 1 aliphatic heterocycles. The van der Waals surface area contributed by atoms with Gasteiger partial charge < -0.3 is 10.1 Å². The molecule has 3 aromatic rings. The summed E-state index contributed by atoms with van der Waals surface area (Å²) < 4.78 is 7.47. The predicted octanol–water partition coefficient (Wildman–Crippen LogP) is 3.19. The van der Waals surface area contributed by atoms with Gasteiger partial charge in [-0.25, -0.2) is 9.97 Å². The van der Waals surface area contributed by atoms with Gasteiger partial charge in [0.1, 0.15) is 5.82 Å². The highest BCUT2D eigenvalue weighted by molar-refractivity contribution is 5.88. The molecule has 1 aliphatic rings. The zero-order valence-corrected chi connectivity index (χ0v) is 15.1. The molecule has 7 heteroatoms. The lowest BCUT2D eigenvalue weighted by Gasteiger charge is -2.11. The molecule has 0 saturated carbocycles. The summed E-state index contributed by atoms with van der Waals surface area (Å²) in [6.45, 7) is 1.81. The van der Waals surface area contributed by atoms with Gasteiger partial charge in [0.2, 0.25) is 0 Å². The van der Waals surface area contributed by atoms with E-state index in [-0.39, 0.29) is 0 Å². The highest BCUT2D eigenvalue weighted by Gasteiger charge is 2.15. The first-order chi connectivity index (χ1) is 12.8. The summed E-state index contributed by atoms with van der Waals surface area (Å²) in [7, 11) is 1.90. The summed E-state index contributed by atoms with van der Waals surface area (Å²) in [4.78, 5) is 13.5. The number of unbranched alkanes of at least 4 members (excludes halogenated alkanes) is 1. The third-order valence-corrected chi connectivity index (χ3v) is 4.80. The quantitative estimate of drug-likeness (QED) is 0.658. The van der Waals surface area contributed by atoms with Crippen LogP contribution in [-0.4, -0.2) is 44.0 Å². The molecule has 4 heterocycles. The van der Waals surface area contributed by atoms with Gasteiger partial charge in [-0.3, -0.25) is 9.67 Å². The third kappa shape index (κ3) is 3.67. The fourth-order valence-electron chi connectivity index (χ4n) is 3.36. The monoisotopic (exact) mass is 352 g/mol. The molecule has 1 unspecified atom stereocenters. The smallest absolute Gasteiger partial charge is 0.164 e. The first kappa shape index (κ1) is 16.9. The van der Waals surface area contributed by atoms with Crippen LogP contribution in [0.1, 0.15) is 32.1 Å². The molecule has 0 aromatic carbocycles. The van der Waals surface area contributed by atoms with Crippen molar-refractivity contribution in [1.82, 2.24) is 24.7 Å². The van der Waals surface area contributed by atoms with Gasteiger partial charge in [-0.05, 0) is 44.2 Å². The van der Waals surface area contributed by atoms with E-state index in [1.165, 1.54) is 12.8 Å². The van der Waals surface area contributed by atoms with E-state index in [1.54, 1.807) is 17.1 Å². The lowest BCUT2D eigenvalue weighted by molar-refractivity contribution is 0.102. The molecule has 0 bridgehead atoms. The van der Waals surface area contributed by atoms with Gasteiger partial charge in [0.15, 0.2) is 11.5 Å². The second kappa shape index (κ2) is 7.78. The van der Waals surface area contributed by atoms with Crippen molar-refractivity contribution in [1.29, 1.82) is 0 Å². The molecule has 136 valence electrons. The van der Waals surface area contributed by atoms with Crippen molar-refractivity contribution in [3.63, 3.8) is 0 Å². The maximum Gasteiger partial charge on any atom is 0.164 e. The molecule has 0 amide bonds. The van der Waals surface area contributed by atoms with E-state index >= 15 is 0 Å². The minimum Gasteiger partial charge on any atom is -0.378 e. The number of aryl methyl sites for hydroxylation is 1. The van der Waals surface area contributed by atoms with Crippen LogP contribution in [0, 0.1) is 0 Å². The van der Waals surface area contributed by atoms with E-state index in [2.05, 4.69) is 20.4 Å². The zero-order valence-electron chi connectivity index (χ0n) is 15.1. The molecule has 0 radical (unpaired) electrons. The van der Waals surface area contributed by atoms with Gasteiger partial charge in [-0.15, -0.1) is 0 Å². The molecule has 0 aliphatic carbocycles. The number of ether oxygens (including phenoxy) is 1. The van der Waals surface area contributed by atoms with Crippen LogP contribution >= 0.6 is 0 Å². The SMILES string of the molecule is Cn1ncc2c(NCCCCC3CCCO3)nc(-c3ccncc3)nc21. The summed E-state index contributed by atoms with van der Waals surface area (Å²) in [5.74, 6) is 1.53. The lowest BCUT2D eigenvalue weighted by atomic mass is 10.1. The Balaban J connectivity index is 1.46. The van der Waals surface area contributed by atoms with Gasteiger partial charge in [-0.2, -0.15) is 5.10 Å². The van der Waals surface area contributed by atoms with Crippen molar-refractivity contribution in [3.05, 3.63) is 30.7 Å². The fraction of sp³-hybridized carbons (Fsp3) is 0.474. The Morgan fingerprint density at radius 3 is 2.92 bits per heavy atom. The minimum atomic E-state index is 0.470. The number of fused-ring (bicyclic) bond motifs is 1. The average Bonchev–Trinajstić information content (AvgIpc) is 3.32. The van der Waals surface area contributed by atoms with E-state index < -0.39 is 0 Å². The molecule has 7 nitrogen and oxygen atoms in total. The molecule has 3 aromatic heterocycles. The number of hydrogen-bond acceptors (Lipinski definition) is 6. The number of pyridine rings is 1. The maximum atomic E-state index is 5.69. The Morgan fingerprint density at radius 1 is 1.23 bits per heavy atom. The van der Waals surface area contributed by atoms with Crippen LogP contribution in [0.2, 0.25) is 0 Å². The van der Waals surface area contributed by atoms with Crippen molar-refractivity contribution in [2.45, 2.75) is 38.2 Å². The molecule has 1 N–H and O–H groups in total. The van der Waals surface area contributed by atoms with Crippen molar-refractivity contribution in [2.75, 3.05) is 18.5 Å². The van der Waals surface area contributed by atoms with Crippen LogP contribution in [0.5, 0.6) is 0 Å². The number of nitrogens with one attached hydrogen (secondary N) is 1. The van der Waals surface area contributed by atoms with Gasteiger partial charge in [-0.1, -0.05) is 0 Å². The zero-order chi connectivity index (χ0) is 17.8. The van der Waals surface area contributed by atoms with Crippen LogP contribution in [0.15, 0.2) is 30.7 Å². The molecule has 26 heavy (non-hydrogen) atoms.